The number of ether oxygens (including phenoxy) is 1. The zero-order chi connectivity index (χ0) is 23.7. The average molecular weight is 479 g/mol. The molecule has 2 N–H and O–H groups in total. The number of nitrogens with zero attached hydrogens (tertiary/aromatic N) is 2. The van der Waals surface area contributed by atoms with Crippen molar-refractivity contribution in [3.8, 4) is 5.75 Å². The highest BCUT2D eigenvalue weighted by molar-refractivity contribution is 6.30. The molecule has 2 aliphatic rings. The zero-order valence-corrected chi connectivity index (χ0v) is 20.5. The van der Waals surface area contributed by atoms with Gasteiger partial charge in [-0.2, -0.15) is 5.10 Å². The van der Waals surface area contributed by atoms with E-state index in [9.17, 15) is 4.79 Å². The maximum atomic E-state index is 13.0. The van der Waals surface area contributed by atoms with Crippen molar-refractivity contribution in [2.75, 3.05) is 18.5 Å². The molecule has 5 rings (SSSR count). The molecule has 0 radical (unpaired) electrons. The van der Waals surface area contributed by atoms with Crippen LogP contribution >= 0.6 is 11.6 Å². The first kappa shape index (κ1) is 22.9. The Morgan fingerprint density at radius 1 is 1.21 bits per heavy atom. The van der Waals surface area contributed by atoms with Crippen molar-refractivity contribution >= 4 is 23.3 Å². The molecule has 0 unspecified atom stereocenters. The highest BCUT2D eigenvalue weighted by Gasteiger charge is 2.29. The summed E-state index contributed by atoms with van der Waals surface area (Å²) in [6, 6.07) is 13.7. The molecule has 1 aliphatic heterocycles. The fraction of sp³-hybridized carbons (Fsp3) is 0.407. The van der Waals surface area contributed by atoms with Crippen LogP contribution in [0.2, 0.25) is 5.02 Å². The second-order valence-electron chi connectivity index (χ2n) is 9.71. The molecule has 6 nitrogen and oxygen atoms in total. The average Bonchev–Trinajstić information content (AvgIpc) is 3.59. The Balaban J connectivity index is 1.36. The number of fused-ring (bicyclic) bond motifs is 1. The van der Waals surface area contributed by atoms with E-state index in [0.717, 1.165) is 49.4 Å². The second-order valence-corrected chi connectivity index (χ2v) is 10.1. The molecule has 0 spiro atoms. The van der Waals surface area contributed by atoms with Gasteiger partial charge in [0.1, 0.15) is 5.75 Å². The van der Waals surface area contributed by atoms with Gasteiger partial charge >= 0.3 is 0 Å². The first-order valence-electron chi connectivity index (χ1n) is 12.1. The van der Waals surface area contributed by atoms with E-state index in [4.69, 9.17) is 21.4 Å². The number of hydrogen-bond acceptors (Lipinski definition) is 4. The SMILES string of the molecule is CC(C)COc1ccc(Cl)cc1Cn1nc(NC(=O)c2ccc3c(c2)CCNC3)cc1C1CC1. The molecule has 1 saturated carbocycles. The number of amides is 1. The number of halogens is 1. The summed E-state index contributed by atoms with van der Waals surface area (Å²) >= 11 is 6.31. The summed E-state index contributed by atoms with van der Waals surface area (Å²) in [5.74, 6) is 2.19. The number of carbonyl (C=O) groups excluding carboxylic acids is 1. The van der Waals surface area contributed by atoms with Crippen LogP contribution in [-0.4, -0.2) is 28.8 Å². The summed E-state index contributed by atoms with van der Waals surface area (Å²) < 4.78 is 8.03. The summed E-state index contributed by atoms with van der Waals surface area (Å²) in [5, 5.41) is 11.8. The Labute approximate surface area is 205 Å². The van der Waals surface area contributed by atoms with Crippen LogP contribution < -0.4 is 15.4 Å². The smallest absolute Gasteiger partial charge is 0.256 e. The lowest BCUT2D eigenvalue weighted by molar-refractivity contribution is 0.102. The number of anilines is 1. The van der Waals surface area contributed by atoms with E-state index in [-0.39, 0.29) is 5.91 Å². The van der Waals surface area contributed by atoms with Gasteiger partial charge < -0.3 is 15.4 Å². The monoisotopic (exact) mass is 478 g/mol. The van der Waals surface area contributed by atoms with Gasteiger partial charge in [-0.25, -0.2) is 0 Å². The predicted molar refractivity (Wildman–Crippen MR) is 135 cm³/mol. The van der Waals surface area contributed by atoms with E-state index in [0.29, 0.717) is 41.4 Å². The third-order valence-corrected chi connectivity index (χ3v) is 6.55. The lowest BCUT2D eigenvalue weighted by atomic mass is 9.98. The van der Waals surface area contributed by atoms with Crippen LogP contribution in [0.5, 0.6) is 5.75 Å². The largest absolute Gasteiger partial charge is 0.493 e. The van der Waals surface area contributed by atoms with Crippen molar-refractivity contribution < 1.29 is 9.53 Å². The predicted octanol–water partition coefficient (Wildman–Crippen LogP) is 5.40. The summed E-state index contributed by atoms with van der Waals surface area (Å²) in [4.78, 5) is 13.0. The van der Waals surface area contributed by atoms with Crippen LogP contribution in [-0.2, 0) is 19.5 Å². The Morgan fingerprint density at radius 2 is 2.06 bits per heavy atom. The highest BCUT2D eigenvalue weighted by Crippen LogP contribution is 2.41. The summed E-state index contributed by atoms with van der Waals surface area (Å²) in [6.45, 7) is 7.24. The van der Waals surface area contributed by atoms with E-state index < -0.39 is 0 Å². The van der Waals surface area contributed by atoms with Crippen molar-refractivity contribution in [1.29, 1.82) is 0 Å². The molecule has 2 heterocycles. The van der Waals surface area contributed by atoms with Crippen molar-refractivity contribution in [2.24, 2.45) is 5.92 Å². The number of benzene rings is 2. The van der Waals surface area contributed by atoms with E-state index in [1.165, 1.54) is 11.1 Å². The van der Waals surface area contributed by atoms with Gasteiger partial charge in [-0.15, -0.1) is 0 Å². The molecule has 7 heteroatoms. The number of aromatic nitrogens is 2. The van der Waals surface area contributed by atoms with Crippen LogP contribution in [0.25, 0.3) is 0 Å². The van der Waals surface area contributed by atoms with Gasteiger partial charge in [0.15, 0.2) is 5.82 Å². The van der Waals surface area contributed by atoms with Crippen LogP contribution in [0, 0.1) is 5.92 Å². The Morgan fingerprint density at radius 3 is 2.85 bits per heavy atom. The minimum atomic E-state index is -0.128. The van der Waals surface area contributed by atoms with E-state index in [1.807, 2.05) is 47.1 Å². The third-order valence-electron chi connectivity index (χ3n) is 6.32. The standard InChI is InChI=1S/C27H31ClN4O2/c1-17(2)16-34-25-8-7-23(28)12-22(25)15-32-24(18-3-4-18)13-26(31-32)30-27(33)20-5-6-21-14-29-10-9-19(21)11-20/h5-8,11-13,17-18,29H,3-4,9-10,14-16H2,1-2H3,(H,30,31,33). The number of nitrogens with one attached hydrogen (secondary N) is 2. The fourth-order valence-electron chi connectivity index (χ4n) is 4.36. The van der Waals surface area contributed by atoms with Crippen LogP contribution in [0.4, 0.5) is 5.82 Å². The third kappa shape index (κ3) is 5.29. The molecule has 3 aromatic rings. The molecule has 178 valence electrons. The van der Waals surface area contributed by atoms with E-state index >= 15 is 0 Å². The van der Waals surface area contributed by atoms with Gasteiger partial charge in [0.25, 0.3) is 5.91 Å². The van der Waals surface area contributed by atoms with Gasteiger partial charge in [-0.3, -0.25) is 9.48 Å². The maximum Gasteiger partial charge on any atom is 0.256 e. The van der Waals surface area contributed by atoms with Crippen LogP contribution in [0.15, 0.2) is 42.5 Å². The molecule has 1 aromatic heterocycles. The lowest BCUT2D eigenvalue weighted by Gasteiger charge is -2.17. The molecule has 0 saturated heterocycles. The van der Waals surface area contributed by atoms with Crippen LogP contribution in [0.1, 0.15) is 65.3 Å². The molecule has 0 atom stereocenters. The first-order valence-corrected chi connectivity index (χ1v) is 12.5. The van der Waals surface area contributed by atoms with Crippen molar-refractivity contribution in [1.82, 2.24) is 15.1 Å². The van der Waals surface area contributed by atoms with Gasteiger partial charge in [0, 0.05) is 40.4 Å². The molecule has 1 amide bonds. The second kappa shape index (κ2) is 9.80. The minimum absolute atomic E-state index is 0.128. The van der Waals surface area contributed by atoms with Crippen molar-refractivity contribution in [2.45, 2.75) is 52.1 Å². The Hall–Kier alpha value is -2.83. The van der Waals surface area contributed by atoms with Crippen molar-refractivity contribution in [3.05, 3.63) is 75.4 Å². The molecule has 2 aromatic carbocycles. The van der Waals surface area contributed by atoms with Gasteiger partial charge in [-0.1, -0.05) is 31.5 Å². The lowest BCUT2D eigenvalue weighted by Crippen LogP contribution is -2.24. The van der Waals surface area contributed by atoms with Gasteiger partial charge in [0.05, 0.1) is 13.2 Å². The number of carbonyl (C=O) groups is 1. The zero-order valence-electron chi connectivity index (χ0n) is 19.7. The van der Waals surface area contributed by atoms with E-state index in [1.54, 1.807) is 0 Å². The van der Waals surface area contributed by atoms with Gasteiger partial charge in [-0.05, 0) is 73.2 Å². The highest BCUT2D eigenvalue weighted by atomic mass is 35.5. The van der Waals surface area contributed by atoms with Gasteiger partial charge in [0.2, 0.25) is 0 Å². The topological polar surface area (TPSA) is 68.2 Å². The molecular formula is C27H31ClN4O2. The summed E-state index contributed by atoms with van der Waals surface area (Å²) in [5.41, 5.74) is 5.30. The molecule has 1 fully saturated rings. The Bertz CT molecular complexity index is 1200. The molecular weight excluding hydrogens is 448 g/mol. The fourth-order valence-corrected chi connectivity index (χ4v) is 4.56. The van der Waals surface area contributed by atoms with E-state index in [2.05, 4.69) is 24.5 Å². The first-order chi connectivity index (χ1) is 16.5. The number of hydrogen-bond donors (Lipinski definition) is 2. The maximum absolute atomic E-state index is 13.0. The summed E-state index contributed by atoms with van der Waals surface area (Å²) in [7, 11) is 0. The minimum Gasteiger partial charge on any atom is -0.493 e. The van der Waals surface area contributed by atoms with Crippen molar-refractivity contribution in [3.63, 3.8) is 0 Å². The summed E-state index contributed by atoms with van der Waals surface area (Å²) in [6.07, 6.45) is 3.23. The van der Waals surface area contributed by atoms with Crippen LogP contribution in [0.3, 0.4) is 0 Å². The number of rotatable bonds is 8. The molecule has 34 heavy (non-hydrogen) atoms. The normalized spacial score (nSPS) is 15.3. The molecule has 1 aliphatic carbocycles. The molecule has 0 bridgehead atoms. The Kier molecular flexibility index (Phi) is 6.61. The quantitative estimate of drug-likeness (QED) is 0.455.